The van der Waals surface area contributed by atoms with Crippen molar-refractivity contribution >= 4 is 29.1 Å². The number of hydrogen-bond donors (Lipinski definition) is 0. The van der Waals surface area contributed by atoms with Crippen LogP contribution in [0.25, 0.3) is 0 Å². The van der Waals surface area contributed by atoms with E-state index in [0.29, 0.717) is 17.1 Å². The van der Waals surface area contributed by atoms with E-state index < -0.39 is 0 Å². The van der Waals surface area contributed by atoms with Crippen LogP contribution in [-0.2, 0) is 0 Å². The molecular weight excluding hydrogens is 365 g/mol. The van der Waals surface area contributed by atoms with E-state index >= 15 is 0 Å². The number of hydrogen-bond acceptors (Lipinski definition) is 1. The third-order valence-electron chi connectivity index (χ3n) is 6.01. The Morgan fingerprint density at radius 3 is 2.50 bits per heavy atom. The molecule has 2 fully saturated rings. The molecular formula is C22H23Cl2NO. The lowest BCUT2D eigenvalue weighted by Crippen LogP contribution is -2.53. The number of benzene rings is 2. The molecule has 0 bridgehead atoms. The quantitative estimate of drug-likeness (QED) is 0.570. The summed E-state index contributed by atoms with van der Waals surface area (Å²) in [6, 6.07) is 17.7. The average Bonchev–Trinajstić information content (AvgIpc) is 2.67. The molecule has 1 amide bonds. The Morgan fingerprint density at radius 1 is 1.00 bits per heavy atom. The molecule has 2 aromatic carbocycles. The number of nitrogens with zero attached hydrogens (tertiary/aromatic N) is 1. The molecule has 1 saturated heterocycles. The number of rotatable bonds is 2. The molecule has 2 aliphatic rings. The Hall–Kier alpha value is -1.51. The first kappa shape index (κ1) is 17.9. The first-order valence-electron chi connectivity index (χ1n) is 9.39. The van der Waals surface area contributed by atoms with E-state index in [0.717, 1.165) is 19.3 Å². The van der Waals surface area contributed by atoms with Crippen molar-refractivity contribution in [3.8, 4) is 0 Å². The summed E-state index contributed by atoms with van der Waals surface area (Å²) in [5.74, 6) is 0.286. The number of alkyl halides is 1. The van der Waals surface area contributed by atoms with Gasteiger partial charge in [-0.2, -0.15) is 0 Å². The van der Waals surface area contributed by atoms with Gasteiger partial charge in [0, 0.05) is 12.5 Å². The summed E-state index contributed by atoms with van der Waals surface area (Å²) in [6.45, 7) is 0.670. The van der Waals surface area contributed by atoms with Crippen LogP contribution in [0, 0.1) is 5.92 Å². The van der Waals surface area contributed by atoms with E-state index in [2.05, 4.69) is 12.1 Å². The molecule has 1 saturated carbocycles. The number of carbonyl (C=O) groups excluding carboxylic acids is 1. The molecule has 0 aromatic heterocycles. The number of piperidine rings is 1. The van der Waals surface area contributed by atoms with Crippen LogP contribution in [0.4, 0.5) is 0 Å². The van der Waals surface area contributed by atoms with Gasteiger partial charge in [0.05, 0.1) is 21.5 Å². The number of halogens is 2. The lowest BCUT2D eigenvalue weighted by atomic mass is 9.68. The molecule has 1 heterocycles. The van der Waals surface area contributed by atoms with Crippen molar-refractivity contribution in [2.75, 3.05) is 6.54 Å². The highest BCUT2D eigenvalue weighted by molar-refractivity contribution is 6.33. The van der Waals surface area contributed by atoms with Gasteiger partial charge in [-0.15, -0.1) is 11.6 Å². The standard InChI is InChI=1S/C22H23Cl2NO/c23-19-12-5-4-10-17(19)21(26)25-15-14-22(24)13-7-6-11-18(22)20(25)16-8-2-1-3-9-16/h1-5,8-10,12,18,20H,6-7,11,13-15H2. The minimum Gasteiger partial charge on any atom is -0.331 e. The van der Waals surface area contributed by atoms with E-state index in [4.69, 9.17) is 23.2 Å². The number of likely N-dealkylation sites (tertiary alicyclic amines) is 1. The van der Waals surface area contributed by atoms with E-state index in [1.165, 1.54) is 18.4 Å². The fourth-order valence-electron chi connectivity index (χ4n) is 4.72. The molecule has 2 aromatic rings. The molecule has 4 rings (SSSR count). The predicted octanol–water partition coefficient (Wildman–Crippen LogP) is 6.10. The zero-order chi connectivity index (χ0) is 18.1. The molecule has 2 nitrogen and oxygen atoms in total. The van der Waals surface area contributed by atoms with Gasteiger partial charge in [-0.25, -0.2) is 0 Å². The van der Waals surface area contributed by atoms with Crippen molar-refractivity contribution in [1.82, 2.24) is 4.90 Å². The van der Waals surface area contributed by atoms with Crippen LogP contribution in [0.3, 0.4) is 0 Å². The van der Waals surface area contributed by atoms with Crippen molar-refractivity contribution in [3.63, 3.8) is 0 Å². The maximum absolute atomic E-state index is 13.4. The van der Waals surface area contributed by atoms with Crippen LogP contribution in [0.15, 0.2) is 54.6 Å². The van der Waals surface area contributed by atoms with Crippen molar-refractivity contribution in [3.05, 3.63) is 70.7 Å². The Morgan fingerprint density at radius 2 is 1.73 bits per heavy atom. The molecule has 1 aliphatic heterocycles. The van der Waals surface area contributed by atoms with Crippen LogP contribution >= 0.6 is 23.2 Å². The van der Waals surface area contributed by atoms with Crippen LogP contribution in [0.2, 0.25) is 5.02 Å². The van der Waals surface area contributed by atoms with E-state index in [1.807, 2.05) is 41.3 Å². The Kier molecular flexibility index (Phi) is 4.98. The van der Waals surface area contributed by atoms with Crippen molar-refractivity contribution in [1.29, 1.82) is 0 Å². The zero-order valence-electron chi connectivity index (χ0n) is 14.7. The normalized spacial score (nSPS) is 28.5. The third kappa shape index (κ3) is 3.14. The van der Waals surface area contributed by atoms with Crippen LogP contribution in [-0.4, -0.2) is 22.2 Å². The molecule has 4 heteroatoms. The molecule has 1 aliphatic carbocycles. The van der Waals surface area contributed by atoms with Gasteiger partial charge in [-0.1, -0.05) is 66.9 Å². The van der Waals surface area contributed by atoms with Gasteiger partial charge in [0.25, 0.3) is 5.91 Å². The summed E-state index contributed by atoms with van der Waals surface area (Å²) in [5, 5.41) is 0.510. The zero-order valence-corrected chi connectivity index (χ0v) is 16.2. The summed E-state index contributed by atoms with van der Waals surface area (Å²) >= 11 is 13.4. The summed E-state index contributed by atoms with van der Waals surface area (Å²) < 4.78 is 0. The van der Waals surface area contributed by atoms with Gasteiger partial charge in [0.2, 0.25) is 0 Å². The minimum absolute atomic E-state index is 0.00604. The van der Waals surface area contributed by atoms with E-state index in [1.54, 1.807) is 6.07 Å². The number of carbonyl (C=O) groups is 1. The van der Waals surface area contributed by atoms with E-state index in [-0.39, 0.29) is 22.7 Å². The summed E-state index contributed by atoms with van der Waals surface area (Å²) in [5.41, 5.74) is 1.75. The van der Waals surface area contributed by atoms with Gasteiger partial charge in [0.15, 0.2) is 0 Å². The number of fused-ring (bicyclic) bond motifs is 1. The Balaban J connectivity index is 1.75. The third-order valence-corrected chi connectivity index (χ3v) is 7.00. The minimum atomic E-state index is -0.198. The monoisotopic (exact) mass is 387 g/mol. The summed E-state index contributed by atoms with van der Waals surface area (Å²) in [7, 11) is 0. The highest BCUT2D eigenvalue weighted by Crippen LogP contribution is 2.53. The maximum atomic E-state index is 13.4. The van der Waals surface area contributed by atoms with Gasteiger partial charge in [-0.3, -0.25) is 4.79 Å². The lowest BCUT2D eigenvalue weighted by Gasteiger charge is -2.52. The van der Waals surface area contributed by atoms with Gasteiger partial charge < -0.3 is 4.90 Å². The lowest BCUT2D eigenvalue weighted by molar-refractivity contribution is 0.0279. The largest absolute Gasteiger partial charge is 0.331 e. The van der Waals surface area contributed by atoms with Gasteiger partial charge >= 0.3 is 0 Å². The molecule has 26 heavy (non-hydrogen) atoms. The molecule has 3 atom stereocenters. The van der Waals surface area contributed by atoms with Gasteiger partial charge in [0.1, 0.15) is 0 Å². The molecule has 0 spiro atoms. The van der Waals surface area contributed by atoms with E-state index in [9.17, 15) is 4.79 Å². The maximum Gasteiger partial charge on any atom is 0.255 e. The predicted molar refractivity (Wildman–Crippen MR) is 107 cm³/mol. The molecule has 3 unspecified atom stereocenters. The SMILES string of the molecule is O=C(c1ccccc1Cl)N1CCC2(Cl)CCCCC2C1c1ccccc1. The van der Waals surface area contributed by atoms with Crippen molar-refractivity contribution < 1.29 is 4.79 Å². The first-order valence-corrected chi connectivity index (χ1v) is 10.2. The Labute approximate surface area is 165 Å². The fraction of sp³-hybridized carbons (Fsp3) is 0.409. The van der Waals surface area contributed by atoms with Crippen LogP contribution in [0.1, 0.15) is 54.1 Å². The van der Waals surface area contributed by atoms with Crippen molar-refractivity contribution in [2.45, 2.75) is 43.0 Å². The van der Waals surface area contributed by atoms with Crippen LogP contribution < -0.4 is 0 Å². The second-order valence-electron chi connectivity index (χ2n) is 7.47. The molecule has 0 N–H and O–H groups in total. The average molecular weight is 388 g/mol. The smallest absolute Gasteiger partial charge is 0.255 e. The second kappa shape index (κ2) is 7.25. The molecule has 136 valence electrons. The summed E-state index contributed by atoms with van der Waals surface area (Å²) in [4.78, 5) is 15.2. The number of amides is 1. The summed E-state index contributed by atoms with van der Waals surface area (Å²) in [6.07, 6.45) is 5.31. The van der Waals surface area contributed by atoms with Crippen molar-refractivity contribution in [2.24, 2.45) is 5.92 Å². The first-order chi connectivity index (χ1) is 12.6. The second-order valence-corrected chi connectivity index (χ2v) is 8.63. The van der Waals surface area contributed by atoms with Gasteiger partial charge in [-0.05, 0) is 37.0 Å². The van der Waals surface area contributed by atoms with Crippen LogP contribution in [0.5, 0.6) is 0 Å². The highest BCUT2D eigenvalue weighted by Gasteiger charge is 2.50. The highest BCUT2D eigenvalue weighted by atomic mass is 35.5. The fourth-order valence-corrected chi connectivity index (χ4v) is 5.38. The topological polar surface area (TPSA) is 20.3 Å². The Bertz CT molecular complexity index is 794. The molecule has 0 radical (unpaired) electrons.